The quantitative estimate of drug-likeness (QED) is 0.635. The highest BCUT2D eigenvalue weighted by molar-refractivity contribution is 7.78. The SMILES string of the molecule is Fc1cccc(Cl)c1Cn1cnc(N=C=S)n1. The van der Waals surface area contributed by atoms with E-state index in [-0.39, 0.29) is 18.3 Å². The molecule has 0 aliphatic heterocycles. The summed E-state index contributed by atoms with van der Waals surface area (Å²) in [5, 5.41) is 6.46. The van der Waals surface area contributed by atoms with Crippen molar-refractivity contribution < 1.29 is 4.39 Å². The summed E-state index contributed by atoms with van der Waals surface area (Å²) in [6, 6.07) is 4.51. The monoisotopic (exact) mass is 268 g/mol. The number of nitrogens with zero attached hydrogens (tertiary/aromatic N) is 4. The maximum atomic E-state index is 13.5. The third-order valence-corrected chi connectivity index (χ3v) is 2.50. The summed E-state index contributed by atoms with van der Waals surface area (Å²) < 4.78 is 14.9. The average molecular weight is 269 g/mol. The lowest BCUT2D eigenvalue weighted by Gasteiger charge is -2.04. The van der Waals surface area contributed by atoms with Gasteiger partial charge in [-0.3, -0.25) is 0 Å². The summed E-state index contributed by atoms with van der Waals surface area (Å²) >= 11 is 10.3. The first-order valence-electron chi connectivity index (χ1n) is 4.61. The second-order valence-electron chi connectivity index (χ2n) is 3.15. The van der Waals surface area contributed by atoms with Gasteiger partial charge < -0.3 is 0 Å². The van der Waals surface area contributed by atoms with Crippen LogP contribution in [0.4, 0.5) is 10.3 Å². The molecule has 0 N–H and O–H groups in total. The van der Waals surface area contributed by atoms with Crippen molar-refractivity contribution in [3.63, 3.8) is 0 Å². The van der Waals surface area contributed by atoms with Crippen LogP contribution in [0.15, 0.2) is 29.5 Å². The Hall–Kier alpha value is -1.62. The van der Waals surface area contributed by atoms with E-state index in [1.54, 1.807) is 12.1 Å². The maximum absolute atomic E-state index is 13.5. The summed E-state index contributed by atoms with van der Waals surface area (Å²) in [5.74, 6) is -0.194. The molecule has 86 valence electrons. The predicted molar refractivity (Wildman–Crippen MR) is 65.2 cm³/mol. The number of thiocarbonyl (C=S) groups is 1. The molecule has 4 nitrogen and oxygen atoms in total. The van der Waals surface area contributed by atoms with E-state index in [0.29, 0.717) is 10.6 Å². The molecule has 1 aromatic carbocycles. The Labute approximate surface area is 107 Å². The lowest BCUT2D eigenvalue weighted by molar-refractivity contribution is 0.585. The van der Waals surface area contributed by atoms with Gasteiger partial charge in [0, 0.05) is 10.6 Å². The maximum Gasteiger partial charge on any atom is 0.277 e. The van der Waals surface area contributed by atoms with E-state index in [9.17, 15) is 4.39 Å². The minimum Gasteiger partial charge on any atom is -0.246 e. The molecule has 0 atom stereocenters. The van der Waals surface area contributed by atoms with E-state index in [0.717, 1.165) is 0 Å². The summed E-state index contributed by atoms with van der Waals surface area (Å²) in [4.78, 5) is 7.46. The molecule has 1 heterocycles. The third-order valence-electron chi connectivity index (χ3n) is 2.05. The second-order valence-corrected chi connectivity index (χ2v) is 3.74. The van der Waals surface area contributed by atoms with Crippen LogP contribution in [-0.2, 0) is 6.54 Å². The minimum atomic E-state index is -0.382. The van der Waals surface area contributed by atoms with Crippen molar-refractivity contribution in [2.45, 2.75) is 6.54 Å². The third kappa shape index (κ3) is 2.74. The van der Waals surface area contributed by atoms with Gasteiger partial charge in [-0.2, -0.15) is 9.98 Å². The van der Waals surface area contributed by atoms with Crippen LogP contribution in [0, 0.1) is 5.82 Å². The lowest BCUT2D eigenvalue weighted by Crippen LogP contribution is -2.03. The van der Waals surface area contributed by atoms with Crippen LogP contribution >= 0.6 is 23.8 Å². The molecule has 0 saturated carbocycles. The Morgan fingerprint density at radius 2 is 2.35 bits per heavy atom. The van der Waals surface area contributed by atoms with Gasteiger partial charge in [-0.25, -0.2) is 9.07 Å². The van der Waals surface area contributed by atoms with Crippen LogP contribution in [0.5, 0.6) is 0 Å². The van der Waals surface area contributed by atoms with E-state index < -0.39 is 0 Å². The van der Waals surface area contributed by atoms with E-state index in [1.165, 1.54) is 17.1 Å². The lowest BCUT2D eigenvalue weighted by atomic mass is 10.2. The molecule has 0 unspecified atom stereocenters. The molecule has 0 amide bonds. The van der Waals surface area contributed by atoms with E-state index in [2.05, 4.69) is 32.5 Å². The fraction of sp³-hybridized carbons (Fsp3) is 0.100. The van der Waals surface area contributed by atoms with Gasteiger partial charge >= 0.3 is 0 Å². The van der Waals surface area contributed by atoms with Crippen molar-refractivity contribution in [2.75, 3.05) is 0 Å². The van der Waals surface area contributed by atoms with Crippen molar-refractivity contribution in [1.82, 2.24) is 14.8 Å². The molecule has 17 heavy (non-hydrogen) atoms. The largest absolute Gasteiger partial charge is 0.277 e. The van der Waals surface area contributed by atoms with E-state index >= 15 is 0 Å². The molecule has 2 rings (SSSR count). The van der Waals surface area contributed by atoms with Gasteiger partial charge in [0.25, 0.3) is 5.95 Å². The Morgan fingerprint density at radius 3 is 3.06 bits per heavy atom. The molecular formula is C10H6ClFN4S. The molecule has 0 saturated heterocycles. The zero-order valence-corrected chi connectivity index (χ0v) is 10.0. The Kier molecular flexibility index (Phi) is 3.58. The number of isothiocyanates is 1. The van der Waals surface area contributed by atoms with Crippen molar-refractivity contribution in [2.24, 2.45) is 4.99 Å². The van der Waals surface area contributed by atoms with Crippen LogP contribution in [0.3, 0.4) is 0 Å². The second kappa shape index (κ2) is 5.14. The molecule has 2 aromatic rings. The number of benzene rings is 1. The Bertz CT molecular complexity index is 571. The zero-order chi connectivity index (χ0) is 12.3. The highest BCUT2D eigenvalue weighted by atomic mass is 35.5. The predicted octanol–water partition coefficient (Wildman–Crippen LogP) is 2.85. The van der Waals surface area contributed by atoms with Gasteiger partial charge in [-0.05, 0) is 24.4 Å². The van der Waals surface area contributed by atoms with Gasteiger partial charge in [-0.15, -0.1) is 5.10 Å². The molecule has 0 bridgehead atoms. The van der Waals surface area contributed by atoms with Gasteiger partial charge in [-0.1, -0.05) is 17.7 Å². The standard InChI is InChI=1S/C10H6ClFN4S/c11-8-2-1-3-9(12)7(8)4-16-5-13-10(15-16)14-6-17/h1-3,5H,4H2. The van der Waals surface area contributed by atoms with Crippen LogP contribution in [0.1, 0.15) is 5.56 Å². The van der Waals surface area contributed by atoms with Gasteiger partial charge in [0.2, 0.25) is 0 Å². The van der Waals surface area contributed by atoms with Crippen molar-refractivity contribution in [1.29, 1.82) is 0 Å². The molecule has 0 spiro atoms. The first-order chi connectivity index (χ1) is 8.20. The van der Waals surface area contributed by atoms with E-state index in [4.69, 9.17) is 11.6 Å². The summed E-state index contributed by atoms with van der Waals surface area (Å²) in [5.41, 5.74) is 0.358. The van der Waals surface area contributed by atoms with Crippen molar-refractivity contribution >= 4 is 34.9 Å². The molecule has 7 heteroatoms. The summed E-state index contributed by atoms with van der Waals surface area (Å²) in [7, 11) is 0. The van der Waals surface area contributed by atoms with Crippen LogP contribution in [0.2, 0.25) is 5.02 Å². The van der Waals surface area contributed by atoms with Crippen molar-refractivity contribution in [3.8, 4) is 0 Å². The van der Waals surface area contributed by atoms with E-state index in [1.807, 2.05) is 0 Å². The molecule has 1 aromatic heterocycles. The summed E-state index contributed by atoms with van der Waals surface area (Å²) in [6.45, 7) is 0.186. The topological polar surface area (TPSA) is 43.1 Å². The first kappa shape index (κ1) is 11.9. The van der Waals surface area contributed by atoms with Gasteiger partial charge in [0.05, 0.1) is 11.7 Å². The van der Waals surface area contributed by atoms with Crippen LogP contribution in [0.25, 0.3) is 0 Å². The molecule has 0 aliphatic rings. The minimum absolute atomic E-state index is 0.186. The number of hydrogen-bond donors (Lipinski definition) is 0. The van der Waals surface area contributed by atoms with Gasteiger partial charge in [0.1, 0.15) is 12.1 Å². The van der Waals surface area contributed by atoms with Crippen LogP contribution in [-0.4, -0.2) is 19.9 Å². The smallest absolute Gasteiger partial charge is 0.246 e. The molecule has 0 radical (unpaired) electrons. The van der Waals surface area contributed by atoms with Gasteiger partial charge in [0.15, 0.2) is 0 Å². The highest BCUT2D eigenvalue weighted by Crippen LogP contribution is 2.19. The average Bonchev–Trinajstić information content (AvgIpc) is 2.72. The molecular weight excluding hydrogens is 263 g/mol. The highest BCUT2D eigenvalue weighted by Gasteiger charge is 2.08. The Balaban J connectivity index is 2.28. The fourth-order valence-corrected chi connectivity index (χ4v) is 1.60. The number of aromatic nitrogens is 3. The fourth-order valence-electron chi connectivity index (χ4n) is 1.30. The number of hydrogen-bond acceptors (Lipinski definition) is 4. The summed E-state index contributed by atoms with van der Waals surface area (Å²) in [6.07, 6.45) is 1.42. The molecule has 0 aliphatic carbocycles. The number of halogens is 2. The first-order valence-corrected chi connectivity index (χ1v) is 5.39. The van der Waals surface area contributed by atoms with Crippen molar-refractivity contribution in [3.05, 3.63) is 40.9 Å². The molecule has 0 fully saturated rings. The normalized spacial score (nSPS) is 10.0. The number of aliphatic imine (C=N–C) groups is 1. The Morgan fingerprint density at radius 1 is 1.53 bits per heavy atom. The number of rotatable bonds is 3. The van der Waals surface area contributed by atoms with Crippen LogP contribution < -0.4 is 0 Å². The zero-order valence-electron chi connectivity index (χ0n) is 8.47.